The van der Waals surface area contributed by atoms with Crippen LogP contribution in [-0.4, -0.2) is 38.7 Å². The highest BCUT2D eigenvalue weighted by atomic mass is 32.2. The lowest BCUT2D eigenvalue weighted by Crippen LogP contribution is -2.22. The van der Waals surface area contributed by atoms with Crippen LogP contribution >= 0.6 is 11.8 Å². The number of nitrogens with zero attached hydrogens (tertiary/aromatic N) is 4. The summed E-state index contributed by atoms with van der Waals surface area (Å²) in [7, 11) is 0. The Morgan fingerprint density at radius 3 is 2.77 bits per heavy atom. The van der Waals surface area contributed by atoms with E-state index in [0.29, 0.717) is 11.3 Å². The van der Waals surface area contributed by atoms with E-state index >= 15 is 0 Å². The second-order valence-corrected chi connectivity index (χ2v) is 7.27. The van der Waals surface area contributed by atoms with E-state index in [1.165, 1.54) is 17.5 Å². The van der Waals surface area contributed by atoms with Crippen molar-refractivity contribution in [2.45, 2.75) is 48.6 Å². The molecule has 1 aromatic heterocycles. The van der Waals surface area contributed by atoms with E-state index in [1.54, 1.807) is 0 Å². The number of aromatic nitrogens is 4. The molecule has 1 aromatic carbocycles. The third-order valence-corrected chi connectivity index (χ3v) is 5.79. The summed E-state index contributed by atoms with van der Waals surface area (Å²) in [4.78, 5) is 0. The highest BCUT2D eigenvalue weighted by molar-refractivity contribution is 7.99. The van der Waals surface area contributed by atoms with Gasteiger partial charge >= 0.3 is 0 Å². The molecule has 0 saturated carbocycles. The standard InChI is InChI=1S/C16H20N4OS/c1-2-4-13-11-15(6-5-12(13)3-1)22-16-17-18-19-20(16)14-7-9-21-10-8-14/h1-4,14-15H,5-11H2. The predicted octanol–water partition coefficient (Wildman–Crippen LogP) is 2.67. The van der Waals surface area contributed by atoms with Crippen molar-refractivity contribution in [3.8, 4) is 0 Å². The average Bonchev–Trinajstić information content (AvgIpc) is 3.04. The van der Waals surface area contributed by atoms with Gasteiger partial charge in [-0.15, -0.1) is 5.10 Å². The molecule has 2 aliphatic rings. The number of benzene rings is 1. The van der Waals surface area contributed by atoms with E-state index in [1.807, 2.05) is 16.4 Å². The SMILES string of the molecule is c1ccc2c(c1)CCC(Sc1nnnn1C1CCOCC1)C2. The molecule has 0 amide bonds. The molecule has 1 atom stereocenters. The molecule has 6 heteroatoms. The Morgan fingerprint density at radius 1 is 1.09 bits per heavy atom. The fourth-order valence-corrected chi connectivity index (χ4v) is 4.51. The first-order valence-electron chi connectivity index (χ1n) is 7.99. The summed E-state index contributed by atoms with van der Waals surface area (Å²) in [5.41, 5.74) is 2.99. The number of hydrogen-bond acceptors (Lipinski definition) is 5. The zero-order valence-electron chi connectivity index (χ0n) is 12.5. The maximum Gasteiger partial charge on any atom is 0.209 e. The summed E-state index contributed by atoms with van der Waals surface area (Å²) in [6.07, 6.45) is 5.48. The van der Waals surface area contributed by atoms with Crippen molar-refractivity contribution < 1.29 is 4.74 Å². The monoisotopic (exact) mass is 316 g/mol. The van der Waals surface area contributed by atoms with E-state index in [0.717, 1.165) is 44.1 Å². The van der Waals surface area contributed by atoms with Crippen LogP contribution in [0.15, 0.2) is 29.4 Å². The lowest BCUT2D eigenvalue weighted by atomic mass is 9.92. The van der Waals surface area contributed by atoms with Crippen LogP contribution in [0.4, 0.5) is 0 Å². The molecule has 4 rings (SSSR count). The minimum atomic E-state index is 0.391. The molecule has 1 aliphatic heterocycles. The van der Waals surface area contributed by atoms with Gasteiger partial charge in [-0.2, -0.15) is 0 Å². The summed E-state index contributed by atoms with van der Waals surface area (Å²) in [6, 6.07) is 9.17. The van der Waals surface area contributed by atoms with Crippen LogP contribution in [0.1, 0.15) is 36.4 Å². The first-order chi connectivity index (χ1) is 10.9. The van der Waals surface area contributed by atoms with E-state index in [9.17, 15) is 0 Å². The Kier molecular flexibility index (Phi) is 4.12. The molecule has 116 valence electrons. The van der Waals surface area contributed by atoms with Crippen LogP contribution in [0, 0.1) is 0 Å². The minimum absolute atomic E-state index is 0.391. The molecule has 0 spiro atoms. The van der Waals surface area contributed by atoms with E-state index < -0.39 is 0 Å². The normalized spacial score (nSPS) is 22.5. The number of ether oxygens (including phenoxy) is 1. The summed E-state index contributed by atoms with van der Waals surface area (Å²) < 4.78 is 7.46. The smallest absolute Gasteiger partial charge is 0.209 e. The van der Waals surface area contributed by atoms with E-state index in [2.05, 4.69) is 39.8 Å². The highest BCUT2D eigenvalue weighted by Crippen LogP contribution is 2.34. The molecule has 0 radical (unpaired) electrons. The molecule has 2 heterocycles. The van der Waals surface area contributed by atoms with Crippen LogP contribution in [0.25, 0.3) is 0 Å². The van der Waals surface area contributed by atoms with Gasteiger partial charge in [-0.05, 0) is 53.7 Å². The molecule has 22 heavy (non-hydrogen) atoms. The van der Waals surface area contributed by atoms with Gasteiger partial charge in [0.1, 0.15) is 0 Å². The second kappa shape index (κ2) is 6.38. The topological polar surface area (TPSA) is 52.8 Å². The Balaban J connectivity index is 1.47. The first-order valence-corrected chi connectivity index (χ1v) is 8.87. The van der Waals surface area contributed by atoms with Gasteiger partial charge in [0, 0.05) is 18.5 Å². The van der Waals surface area contributed by atoms with Gasteiger partial charge in [0.05, 0.1) is 6.04 Å². The zero-order chi connectivity index (χ0) is 14.8. The Morgan fingerprint density at radius 2 is 1.91 bits per heavy atom. The number of tetrazole rings is 1. The second-order valence-electron chi connectivity index (χ2n) is 6.00. The quantitative estimate of drug-likeness (QED) is 0.871. The van der Waals surface area contributed by atoms with Gasteiger partial charge in [0.25, 0.3) is 0 Å². The number of hydrogen-bond donors (Lipinski definition) is 0. The molecule has 1 aliphatic carbocycles. The van der Waals surface area contributed by atoms with Gasteiger partial charge < -0.3 is 4.74 Å². The number of rotatable bonds is 3. The minimum Gasteiger partial charge on any atom is -0.381 e. The zero-order valence-corrected chi connectivity index (χ0v) is 13.3. The molecule has 0 N–H and O–H groups in total. The Labute approximate surface area is 134 Å². The van der Waals surface area contributed by atoms with Crippen molar-refractivity contribution in [3.63, 3.8) is 0 Å². The van der Waals surface area contributed by atoms with Gasteiger partial charge in [-0.3, -0.25) is 0 Å². The third-order valence-electron chi connectivity index (χ3n) is 4.57. The molecule has 0 bridgehead atoms. The van der Waals surface area contributed by atoms with Gasteiger partial charge in [-0.1, -0.05) is 36.0 Å². The molecule has 5 nitrogen and oxygen atoms in total. The first kappa shape index (κ1) is 14.2. The van der Waals surface area contributed by atoms with Crippen molar-refractivity contribution in [2.24, 2.45) is 0 Å². The van der Waals surface area contributed by atoms with Crippen molar-refractivity contribution >= 4 is 11.8 Å². The predicted molar refractivity (Wildman–Crippen MR) is 85.0 cm³/mol. The van der Waals surface area contributed by atoms with Crippen LogP contribution in [0.2, 0.25) is 0 Å². The fraction of sp³-hybridized carbons (Fsp3) is 0.562. The van der Waals surface area contributed by atoms with Crippen LogP contribution in [0.3, 0.4) is 0 Å². The summed E-state index contributed by atoms with van der Waals surface area (Å²) in [5, 5.41) is 13.9. The van der Waals surface area contributed by atoms with Crippen molar-refractivity contribution in [1.82, 2.24) is 20.2 Å². The molecule has 2 aromatic rings. The average molecular weight is 316 g/mol. The maximum atomic E-state index is 5.44. The largest absolute Gasteiger partial charge is 0.381 e. The Bertz CT molecular complexity index is 639. The van der Waals surface area contributed by atoms with Gasteiger partial charge in [-0.25, -0.2) is 4.68 Å². The summed E-state index contributed by atoms with van der Waals surface area (Å²) >= 11 is 1.84. The van der Waals surface area contributed by atoms with Crippen molar-refractivity contribution in [2.75, 3.05) is 13.2 Å². The number of thioether (sulfide) groups is 1. The van der Waals surface area contributed by atoms with Gasteiger partial charge in [0.2, 0.25) is 5.16 Å². The van der Waals surface area contributed by atoms with E-state index in [-0.39, 0.29) is 0 Å². The fourth-order valence-electron chi connectivity index (χ4n) is 3.34. The third kappa shape index (κ3) is 2.90. The number of aryl methyl sites for hydroxylation is 1. The molecule has 1 saturated heterocycles. The van der Waals surface area contributed by atoms with Crippen LogP contribution < -0.4 is 0 Å². The Hall–Kier alpha value is -1.40. The lowest BCUT2D eigenvalue weighted by Gasteiger charge is -2.25. The van der Waals surface area contributed by atoms with E-state index in [4.69, 9.17) is 4.74 Å². The van der Waals surface area contributed by atoms with Crippen molar-refractivity contribution in [1.29, 1.82) is 0 Å². The van der Waals surface area contributed by atoms with Crippen LogP contribution in [-0.2, 0) is 17.6 Å². The lowest BCUT2D eigenvalue weighted by molar-refractivity contribution is 0.0631. The summed E-state index contributed by atoms with van der Waals surface area (Å²) in [6.45, 7) is 1.62. The number of fused-ring (bicyclic) bond motifs is 1. The van der Waals surface area contributed by atoms with Crippen molar-refractivity contribution in [3.05, 3.63) is 35.4 Å². The maximum absolute atomic E-state index is 5.44. The van der Waals surface area contributed by atoms with Gasteiger partial charge in [0.15, 0.2) is 0 Å². The molecular formula is C16H20N4OS. The summed E-state index contributed by atoms with van der Waals surface area (Å²) in [5.74, 6) is 0. The molecular weight excluding hydrogens is 296 g/mol. The highest BCUT2D eigenvalue weighted by Gasteiger charge is 2.25. The van der Waals surface area contributed by atoms with Crippen LogP contribution in [0.5, 0.6) is 0 Å². The molecule has 1 unspecified atom stereocenters. The molecule has 1 fully saturated rings.